The first-order valence-corrected chi connectivity index (χ1v) is 9.10. The molecule has 0 spiro atoms. The van der Waals surface area contributed by atoms with E-state index in [0.29, 0.717) is 12.7 Å². The first-order chi connectivity index (χ1) is 13.6. The lowest BCUT2D eigenvalue weighted by molar-refractivity contribution is -0.133. The maximum atomic E-state index is 13.4. The molecule has 1 unspecified atom stereocenters. The number of rotatable bonds is 6. The van der Waals surface area contributed by atoms with Crippen LogP contribution >= 0.6 is 0 Å². The van der Waals surface area contributed by atoms with Gasteiger partial charge in [-0.25, -0.2) is 9.78 Å². The molecule has 4 rings (SSSR count). The summed E-state index contributed by atoms with van der Waals surface area (Å²) < 4.78 is 0. The number of amides is 3. The summed E-state index contributed by atoms with van der Waals surface area (Å²) in [6, 6.07) is 12.9. The highest BCUT2D eigenvalue weighted by Gasteiger charge is 2.55. The molecular weight excluding hydrogens is 356 g/mol. The van der Waals surface area contributed by atoms with Crippen molar-refractivity contribution in [3.05, 3.63) is 66.2 Å². The Morgan fingerprint density at radius 3 is 2.68 bits per heavy atom. The summed E-state index contributed by atoms with van der Waals surface area (Å²) in [5, 5.41) is 1.86. The normalized spacial score (nSPS) is 19.6. The third-order valence-electron chi connectivity index (χ3n) is 5.39. The Hall–Kier alpha value is -3.48. The summed E-state index contributed by atoms with van der Waals surface area (Å²) >= 11 is 0. The number of fused-ring (bicyclic) bond motifs is 1. The Morgan fingerprint density at radius 1 is 1.14 bits per heavy atom. The third-order valence-corrected chi connectivity index (χ3v) is 5.39. The molecule has 2 aromatic carbocycles. The second-order valence-corrected chi connectivity index (χ2v) is 6.94. The van der Waals surface area contributed by atoms with Gasteiger partial charge in [-0.2, -0.15) is 0 Å². The van der Waals surface area contributed by atoms with Gasteiger partial charge in [0.25, 0.3) is 5.91 Å². The molecule has 0 bridgehead atoms. The van der Waals surface area contributed by atoms with E-state index in [0.717, 1.165) is 22.0 Å². The van der Waals surface area contributed by atoms with E-state index in [4.69, 9.17) is 0 Å². The minimum Gasteiger partial charge on any atom is -0.348 e. The number of benzene rings is 2. The van der Waals surface area contributed by atoms with Crippen LogP contribution in [0.15, 0.2) is 55.0 Å². The molecule has 3 amide bonds. The van der Waals surface area contributed by atoms with Crippen LogP contribution in [0.1, 0.15) is 18.2 Å². The summed E-state index contributed by atoms with van der Waals surface area (Å²) in [6.07, 6.45) is 4.35. The number of aldehydes is 1. The van der Waals surface area contributed by atoms with E-state index in [2.05, 4.69) is 9.97 Å². The van der Waals surface area contributed by atoms with Gasteiger partial charge in [0, 0.05) is 24.9 Å². The number of aromatic amines is 1. The van der Waals surface area contributed by atoms with Crippen LogP contribution in [0.3, 0.4) is 0 Å². The van der Waals surface area contributed by atoms with Gasteiger partial charge in [-0.15, -0.1) is 0 Å². The Kier molecular flexibility index (Phi) is 4.43. The van der Waals surface area contributed by atoms with Gasteiger partial charge in [0.1, 0.15) is 11.8 Å². The van der Waals surface area contributed by atoms with E-state index >= 15 is 0 Å². The average molecular weight is 376 g/mol. The maximum absolute atomic E-state index is 13.4. The van der Waals surface area contributed by atoms with Crippen molar-refractivity contribution in [2.75, 3.05) is 13.1 Å². The number of carbonyl (C=O) groups excluding carboxylic acids is 3. The predicted octanol–water partition coefficient (Wildman–Crippen LogP) is 2.48. The van der Waals surface area contributed by atoms with Crippen LogP contribution in [0, 0.1) is 0 Å². The number of imidazole rings is 1. The molecule has 1 aromatic heterocycles. The molecule has 7 nitrogen and oxygen atoms in total. The lowest BCUT2D eigenvalue weighted by atomic mass is 9.86. The van der Waals surface area contributed by atoms with Gasteiger partial charge in [0.15, 0.2) is 0 Å². The molecule has 1 atom stereocenters. The number of urea groups is 1. The molecule has 1 aliphatic heterocycles. The largest absolute Gasteiger partial charge is 0.348 e. The van der Waals surface area contributed by atoms with Crippen LogP contribution in [0.5, 0.6) is 0 Å². The first-order valence-electron chi connectivity index (χ1n) is 9.10. The number of imide groups is 1. The van der Waals surface area contributed by atoms with Crippen LogP contribution in [-0.2, 0) is 21.5 Å². The predicted molar refractivity (Wildman–Crippen MR) is 103 cm³/mol. The molecule has 1 fully saturated rings. The van der Waals surface area contributed by atoms with Crippen molar-refractivity contribution < 1.29 is 14.4 Å². The second-order valence-electron chi connectivity index (χ2n) is 6.94. The number of aromatic nitrogens is 2. The quantitative estimate of drug-likeness (QED) is 0.529. The Labute approximate surface area is 162 Å². The lowest BCUT2D eigenvalue weighted by Gasteiger charge is -2.31. The third kappa shape index (κ3) is 2.67. The van der Waals surface area contributed by atoms with Gasteiger partial charge in [0.05, 0.1) is 12.9 Å². The van der Waals surface area contributed by atoms with Gasteiger partial charge in [-0.3, -0.25) is 14.6 Å². The number of nitrogens with one attached hydrogen (secondary N) is 1. The highest BCUT2D eigenvalue weighted by molar-refractivity contribution is 6.09. The fourth-order valence-electron chi connectivity index (χ4n) is 3.90. The highest BCUT2D eigenvalue weighted by Crippen LogP contribution is 2.40. The fourth-order valence-corrected chi connectivity index (χ4v) is 3.90. The van der Waals surface area contributed by atoms with Gasteiger partial charge < -0.3 is 9.78 Å². The first kappa shape index (κ1) is 17.9. The fraction of sp³-hybridized carbons (Fsp3) is 0.238. The molecule has 1 N–H and O–H groups in total. The van der Waals surface area contributed by atoms with Crippen LogP contribution < -0.4 is 0 Å². The molecule has 2 heterocycles. The molecule has 1 aliphatic rings. The second kappa shape index (κ2) is 6.92. The van der Waals surface area contributed by atoms with Gasteiger partial charge in [-0.05, 0) is 23.3 Å². The Morgan fingerprint density at radius 2 is 1.93 bits per heavy atom. The number of nitrogens with zero attached hydrogens (tertiary/aromatic N) is 3. The van der Waals surface area contributed by atoms with Gasteiger partial charge in [-0.1, -0.05) is 42.5 Å². The van der Waals surface area contributed by atoms with E-state index in [-0.39, 0.29) is 19.0 Å². The molecule has 1 saturated heterocycles. The standard InChI is InChI=1S/C21H20N4O3/c1-21(18-8-4-6-15-5-2-3-7-17(15)18)19(27)24(20(28)25(21)11-12-26)10-9-16-13-22-14-23-16/h2-8,12-14H,9-11H2,1H3,(H,22,23). The Bertz CT molecular complexity index is 1040. The molecule has 3 aromatic rings. The van der Waals surface area contributed by atoms with Crippen LogP contribution in [0.25, 0.3) is 10.8 Å². The SMILES string of the molecule is CC1(c2cccc3ccccc23)C(=O)N(CCc2cnc[nH]2)C(=O)N1CC=O. The zero-order valence-corrected chi connectivity index (χ0v) is 15.5. The highest BCUT2D eigenvalue weighted by atomic mass is 16.2. The van der Waals surface area contributed by atoms with Crippen molar-refractivity contribution in [1.29, 1.82) is 0 Å². The minimum absolute atomic E-state index is 0.148. The van der Waals surface area contributed by atoms with Crippen LogP contribution in [0.4, 0.5) is 4.79 Å². The molecule has 0 aliphatic carbocycles. The molecule has 0 radical (unpaired) electrons. The average Bonchev–Trinajstić information content (AvgIpc) is 3.29. The van der Waals surface area contributed by atoms with Crippen molar-refractivity contribution in [1.82, 2.24) is 19.8 Å². The maximum Gasteiger partial charge on any atom is 0.328 e. The number of H-pyrrole nitrogens is 1. The van der Waals surface area contributed by atoms with Crippen LogP contribution in [-0.4, -0.2) is 51.1 Å². The van der Waals surface area contributed by atoms with E-state index in [1.807, 2.05) is 42.5 Å². The van der Waals surface area contributed by atoms with E-state index < -0.39 is 11.6 Å². The van der Waals surface area contributed by atoms with E-state index in [9.17, 15) is 14.4 Å². The summed E-state index contributed by atoms with van der Waals surface area (Å²) in [5.41, 5.74) is 0.309. The summed E-state index contributed by atoms with van der Waals surface area (Å²) in [7, 11) is 0. The van der Waals surface area contributed by atoms with E-state index in [1.165, 1.54) is 9.80 Å². The molecule has 7 heteroatoms. The molecule has 142 valence electrons. The van der Waals surface area contributed by atoms with Crippen molar-refractivity contribution >= 4 is 29.0 Å². The summed E-state index contributed by atoms with van der Waals surface area (Å²) in [6.45, 7) is 1.79. The molecule has 0 saturated carbocycles. The van der Waals surface area contributed by atoms with Crippen molar-refractivity contribution in [3.63, 3.8) is 0 Å². The minimum atomic E-state index is -1.24. The van der Waals surface area contributed by atoms with E-state index in [1.54, 1.807) is 19.4 Å². The molecular formula is C21H20N4O3. The zero-order chi connectivity index (χ0) is 19.7. The Balaban J connectivity index is 1.77. The zero-order valence-electron chi connectivity index (χ0n) is 15.5. The van der Waals surface area contributed by atoms with Crippen molar-refractivity contribution in [2.24, 2.45) is 0 Å². The van der Waals surface area contributed by atoms with Crippen molar-refractivity contribution in [2.45, 2.75) is 18.9 Å². The topological polar surface area (TPSA) is 86.4 Å². The van der Waals surface area contributed by atoms with Gasteiger partial charge >= 0.3 is 6.03 Å². The monoisotopic (exact) mass is 376 g/mol. The number of hydrogen-bond donors (Lipinski definition) is 1. The summed E-state index contributed by atoms with van der Waals surface area (Å²) in [4.78, 5) is 47.3. The van der Waals surface area contributed by atoms with Crippen molar-refractivity contribution in [3.8, 4) is 0 Å². The van der Waals surface area contributed by atoms with Crippen LogP contribution in [0.2, 0.25) is 0 Å². The summed E-state index contributed by atoms with van der Waals surface area (Å²) in [5.74, 6) is -0.324. The smallest absolute Gasteiger partial charge is 0.328 e. The lowest BCUT2D eigenvalue weighted by Crippen LogP contribution is -2.45. The molecule has 28 heavy (non-hydrogen) atoms. The number of carbonyl (C=O) groups is 3. The number of hydrogen-bond acceptors (Lipinski definition) is 4. The van der Waals surface area contributed by atoms with Gasteiger partial charge in [0.2, 0.25) is 0 Å².